The largest absolute Gasteiger partial charge is 0.303 e. The van der Waals surface area contributed by atoms with Gasteiger partial charge in [0, 0.05) is 5.92 Å². The van der Waals surface area contributed by atoms with E-state index in [4.69, 9.17) is 0 Å². The highest BCUT2D eigenvalue weighted by atomic mass is 16.1. The first kappa shape index (κ1) is 10.4. The molecule has 0 rings (SSSR count). The van der Waals surface area contributed by atoms with E-state index in [2.05, 4.69) is 27.4 Å². The van der Waals surface area contributed by atoms with Gasteiger partial charge >= 0.3 is 0 Å². The maximum Gasteiger partial charge on any atom is 0.124 e. The first-order valence-electron chi connectivity index (χ1n) is 4.01. The summed E-state index contributed by atoms with van der Waals surface area (Å²) in [4.78, 5) is 10.7. The van der Waals surface area contributed by atoms with Crippen LogP contribution in [0.4, 0.5) is 0 Å². The van der Waals surface area contributed by atoms with Gasteiger partial charge in [0.1, 0.15) is 6.29 Å². The maximum atomic E-state index is 10.7. The molecule has 1 nitrogen and oxygen atoms in total. The molecule has 0 aromatic carbocycles. The summed E-state index contributed by atoms with van der Waals surface area (Å²) >= 11 is 0. The smallest absolute Gasteiger partial charge is 0.124 e. The van der Waals surface area contributed by atoms with Gasteiger partial charge in [0.2, 0.25) is 0 Å². The fraction of sp³-hybridized carbons (Fsp3) is 0.700. The molecule has 0 N–H and O–H groups in total. The Labute approximate surface area is 69.5 Å². The number of carbonyl (C=O) groups is 1. The molecule has 2 atom stereocenters. The number of hydrogen-bond donors (Lipinski definition) is 0. The Morgan fingerprint density at radius 3 is 1.91 bits per heavy atom. The van der Waals surface area contributed by atoms with Crippen molar-refractivity contribution in [2.45, 2.75) is 27.7 Å². The van der Waals surface area contributed by atoms with Gasteiger partial charge in [-0.3, -0.25) is 0 Å². The minimum Gasteiger partial charge on any atom is -0.303 e. The van der Waals surface area contributed by atoms with Crippen molar-refractivity contribution in [3.8, 4) is 0 Å². The monoisotopic (exact) mass is 154 g/mol. The fourth-order valence-electron chi connectivity index (χ4n) is 1.26. The molecule has 0 aromatic heterocycles. The van der Waals surface area contributed by atoms with Crippen molar-refractivity contribution < 1.29 is 4.79 Å². The van der Waals surface area contributed by atoms with Gasteiger partial charge in [-0.2, -0.15) is 0 Å². The van der Waals surface area contributed by atoms with Crippen LogP contribution in [0.5, 0.6) is 0 Å². The number of allylic oxidation sites excluding steroid dienone is 1. The number of rotatable bonds is 3. The number of carbonyl (C=O) groups excluding carboxylic acids is 1. The normalized spacial score (nSPS) is 17.1. The Morgan fingerprint density at radius 1 is 1.36 bits per heavy atom. The van der Waals surface area contributed by atoms with Crippen LogP contribution in [0.25, 0.3) is 0 Å². The van der Waals surface area contributed by atoms with Crippen molar-refractivity contribution in [2.24, 2.45) is 17.3 Å². The lowest BCUT2D eigenvalue weighted by Crippen LogP contribution is -2.26. The summed E-state index contributed by atoms with van der Waals surface area (Å²) in [5, 5.41) is 0. The molecule has 0 heterocycles. The molecule has 0 aliphatic rings. The van der Waals surface area contributed by atoms with Crippen molar-refractivity contribution in [2.75, 3.05) is 0 Å². The van der Waals surface area contributed by atoms with E-state index in [1.54, 1.807) is 0 Å². The predicted molar refractivity (Wildman–Crippen MR) is 48.4 cm³/mol. The summed E-state index contributed by atoms with van der Waals surface area (Å²) in [6, 6.07) is 0. The van der Waals surface area contributed by atoms with Gasteiger partial charge in [-0.05, 0) is 11.3 Å². The van der Waals surface area contributed by atoms with E-state index in [0.29, 0.717) is 0 Å². The third-order valence-corrected chi connectivity index (χ3v) is 2.08. The summed E-state index contributed by atoms with van der Waals surface area (Å²) in [6.45, 7) is 11.9. The lowest BCUT2D eigenvalue weighted by molar-refractivity contribution is -0.115. The second-order valence-corrected chi connectivity index (χ2v) is 4.12. The molecule has 2 unspecified atom stereocenters. The highest BCUT2D eigenvalue weighted by Gasteiger charge is 2.27. The summed E-state index contributed by atoms with van der Waals surface area (Å²) < 4.78 is 0. The van der Waals surface area contributed by atoms with Crippen molar-refractivity contribution >= 4 is 6.29 Å². The van der Waals surface area contributed by atoms with Crippen LogP contribution in [0.3, 0.4) is 0 Å². The second-order valence-electron chi connectivity index (χ2n) is 4.12. The Balaban J connectivity index is 4.40. The zero-order valence-electron chi connectivity index (χ0n) is 7.92. The van der Waals surface area contributed by atoms with Gasteiger partial charge in [-0.1, -0.05) is 33.8 Å². The average Bonchev–Trinajstić information content (AvgIpc) is 1.86. The molecule has 64 valence electrons. The van der Waals surface area contributed by atoms with Crippen LogP contribution in [-0.2, 0) is 4.79 Å². The van der Waals surface area contributed by atoms with Gasteiger partial charge in [0.05, 0.1) is 0 Å². The highest BCUT2D eigenvalue weighted by Crippen LogP contribution is 2.30. The van der Waals surface area contributed by atoms with E-state index in [0.717, 1.165) is 6.29 Å². The Kier molecular flexibility index (Phi) is 3.50. The zero-order valence-corrected chi connectivity index (χ0v) is 7.92. The van der Waals surface area contributed by atoms with E-state index < -0.39 is 0 Å². The number of hydrogen-bond acceptors (Lipinski definition) is 1. The van der Waals surface area contributed by atoms with Gasteiger partial charge in [0.25, 0.3) is 0 Å². The molecule has 0 amide bonds. The Morgan fingerprint density at radius 2 is 1.82 bits per heavy atom. The molecular formula is C10H18O. The Bertz CT molecular complexity index is 141. The molecule has 11 heavy (non-hydrogen) atoms. The quantitative estimate of drug-likeness (QED) is 0.451. The predicted octanol–water partition coefficient (Wildman–Crippen LogP) is 2.67. The van der Waals surface area contributed by atoms with Crippen molar-refractivity contribution in [3.05, 3.63) is 12.7 Å². The van der Waals surface area contributed by atoms with Crippen LogP contribution in [0, 0.1) is 17.3 Å². The van der Waals surface area contributed by atoms with Gasteiger partial charge in [0.15, 0.2) is 0 Å². The zero-order chi connectivity index (χ0) is 9.07. The molecule has 0 radical (unpaired) electrons. The van der Waals surface area contributed by atoms with E-state index in [1.165, 1.54) is 0 Å². The van der Waals surface area contributed by atoms with Crippen LogP contribution in [-0.4, -0.2) is 6.29 Å². The highest BCUT2D eigenvalue weighted by molar-refractivity contribution is 5.55. The molecule has 0 spiro atoms. The first-order chi connectivity index (χ1) is 4.93. The summed E-state index contributed by atoms with van der Waals surface area (Å²) in [7, 11) is 0. The van der Waals surface area contributed by atoms with Crippen molar-refractivity contribution in [1.82, 2.24) is 0 Å². The van der Waals surface area contributed by atoms with Gasteiger partial charge in [-0.15, -0.1) is 6.58 Å². The van der Waals surface area contributed by atoms with Crippen molar-refractivity contribution in [1.29, 1.82) is 0 Å². The lowest BCUT2D eigenvalue weighted by Gasteiger charge is -2.29. The standard InChI is InChI=1S/C10H18O/c1-6-8(2)9(7-11)10(3,4)5/h6-9H,1H2,2-5H3. The van der Waals surface area contributed by atoms with E-state index >= 15 is 0 Å². The fourth-order valence-corrected chi connectivity index (χ4v) is 1.26. The molecule has 0 aliphatic carbocycles. The van der Waals surface area contributed by atoms with E-state index in [9.17, 15) is 4.79 Å². The van der Waals surface area contributed by atoms with Crippen LogP contribution in [0.1, 0.15) is 27.7 Å². The third-order valence-electron chi connectivity index (χ3n) is 2.08. The van der Waals surface area contributed by atoms with Crippen LogP contribution < -0.4 is 0 Å². The summed E-state index contributed by atoms with van der Waals surface area (Å²) in [6.07, 6.45) is 2.87. The van der Waals surface area contributed by atoms with E-state index in [1.807, 2.05) is 13.0 Å². The maximum absolute atomic E-state index is 10.7. The molecular weight excluding hydrogens is 136 g/mol. The van der Waals surface area contributed by atoms with Crippen LogP contribution in [0.2, 0.25) is 0 Å². The van der Waals surface area contributed by atoms with Gasteiger partial charge < -0.3 is 4.79 Å². The minimum absolute atomic E-state index is 0.0509. The second kappa shape index (κ2) is 3.70. The topological polar surface area (TPSA) is 17.1 Å². The molecule has 0 saturated carbocycles. The summed E-state index contributed by atoms with van der Waals surface area (Å²) in [5.41, 5.74) is 0.0509. The summed E-state index contributed by atoms with van der Waals surface area (Å²) in [5.74, 6) is 0.354. The lowest BCUT2D eigenvalue weighted by atomic mass is 9.75. The van der Waals surface area contributed by atoms with Crippen LogP contribution in [0.15, 0.2) is 12.7 Å². The average molecular weight is 154 g/mol. The Hall–Kier alpha value is -0.590. The van der Waals surface area contributed by atoms with Crippen molar-refractivity contribution in [3.63, 3.8) is 0 Å². The molecule has 0 aromatic rings. The first-order valence-corrected chi connectivity index (χ1v) is 4.01. The van der Waals surface area contributed by atoms with Crippen LogP contribution >= 0.6 is 0 Å². The molecule has 0 bridgehead atoms. The minimum atomic E-state index is 0.0509. The SMILES string of the molecule is C=CC(C)C(C=O)C(C)(C)C. The molecule has 0 saturated heterocycles. The molecule has 0 aliphatic heterocycles. The van der Waals surface area contributed by atoms with E-state index in [-0.39, 0.29) is 17.3 Å². The molecule has 0 fully saturated rings. The molecule has 1 heteroatoms. The third kappa shape index (κ3) is 2.87. The van der Waals surface area contributed by atoms with Gasteiger partial charge in [-0.25, -0.2) is 0 Å². The number of aldehydes is 1.